The van der Waals surface area contributed by atoms with Crippen molar-refractivity contribution in [2.75, 3.05) is 13.7 Å². The van der Waals surface area contributed by atoms with Crippen LogP contribution < -0.4 is 19.6 Å². The Balaban J connectivity index is 1.93. The summed E-state index contributed by atoms with van der Waals surface area (Å²) in [5, 5.41) is 1.96. The van der Waals surface area contributed by atoms with Gasteiger partial charge in [-0.3, -0.25) is 9.36 Å². The minimum absolute atomic E-state index is 0.181. The van der Waals surface area contributed by atoms with E-state index < -0.39 is 12.0 Å². The molecule has 0 saturated heterocycles. The molecular weight excluding hydrogens is 420 g/mol. The van der Waals surface area contributed by atoms with Gasteiger partial charge in [0.2, 0.25) is 0 Å². The average Bonchev–Trinajstić information content (AvgIpc) is 3.36. The van der Waals surface area contributed by atoms with Crippen molar-refractivity contribution in [1.29, 1.82) is 0 Å². The fraction of sp³-hybridized carbons (Fsp3) is 0.227. The highest BCUT2D eigenvalue weighted by Crippen LogP contribution is 2.31. The Kier molecular flexibility index (Phi) is 5.69. The van der Waals surface area contributed by atoms with Gasteiger partial charge in [-0.2, -0.15) is 0 Å². The SMILES string of the molecule is CCOc1ccc(C2C(C(=O)OC)=C(C)N=c3s/c(=C\c4cccs4)c(=O)n32)cc1. The number of benzene rings is 1. The predicted octanol–water partition coefficient (Wildman–Crippen LogP) is 2.87. The van der Waals surface area contributed by atoms with Crippen LogP contribution in [-0.2, 0) is 9.53 Å². The molecule has 0 aliphatic carbocycles. The van der Waals surface area contributed by atoms with Crippen molar-refractivity contribution in [1.82, 2.24) is 4.57 Å². The van der Waals surface area contributed by atoms with Crippen LogP contribution in [0.15, 0.2) is 62.8 Å². The summed E-state index contributed by atoms with van der Waals surface area (Å²) in [4.78, 5) is 32.1. The number of allylic oxidation sites excluding steroid dienone is 1. The van der Waals surface area contributed by atoms with Crippen molar-refractivity contribution >= 4 is 34.7 Å². The number of aromatic nitrogens is 1. The third-order valence-electron chi connectivity index (χ3n) is 4.75. The maximum Gasteiger partial charge on any atom is 0.338 e. The summed E-state index contributed by atoms with van der Waals surface area (Å²) in [6.07, 6.45) is 1.86. The van der Waals surface area contributed by atoms with Gasteiger partial charge in [-0.05, 0) is 49.1 Å². The zero-order chi connectivity index (χ0) is 21.3. The lowest BCUT2D eigenvalue weighted by Crippen LogP contribution is -2.39. The molecule has 0 saturated carbocycles. The number of hydrogen-bond donors (Lipinski definition) is 0. The molecule has 1 unspecified atom stereocenters. The maximum absolute atomic E-state index is 13.3. The van der Waals surface area contributed by atoms with Crippen molar-refractivity contribution in [2.24, 2.45) is 4.99 Å². The van der Waals surface area contributed by atoms with Crippen LogP contribution in [0.3, 0.4) is 0 Å². The summed E-state index contributed by atoms with van der Waals surface area (Å²) in [6, 6.07) is 10.7. The molecule has 8 heteroatoms. The molecule has 1 aromatic carbocycles. The fourth-order valence-corrected chi connectivity index (χ4v) is 5.19. The molecule has 1 aliphatic rings. The van der Waals surface area contributed by atoms with Crippen LogP contribution in [0, 0.1) is 0 Å². The molecule has 0 spiro atoms. The van der Waals surface area contributed by atoms with Crippen LogP contribution in [0.5, 0.6) is 5.75 Å². The van der Waals surface area contributed by atoms with Crippen molar-refractivity contribution < 1.29 is 14.3 Å². The molecule has 0 radical (unpaired) electrons. The first kappa shape index (κ1) is 20.3. The number of hydrogen-bond acceptors (Lipinski definition) is 7. The molecule has 3 heterocycles. The lowest BCUT2D eigenvalue weighted by Gasteiger charge is -2.24. The van der Waals surface area contributed by atoms with Crippen molar-refractivity contribution in [2.45, 2.75) is 19.9 Å². The van der Waals surface area contributed by atoms with Crippen molar-refractivity contribution in [3.8, 4) is 5.75 Å². The number of esters is 1. The third-order valence-corrected chi connectivity index (χ3v) is 6.55. The van der Waals surface area contributed by atoms with E-state index in [9.17, 15) is 9.59 Å². The van der Waals surface area contributed by atoms with Gasteiger partial charge in [-0.15, -0.1) is 11.3 Å². The predicted molar refractivity (Wildman–Crippen MR) is 118 cm³/mol. The molecule has 0 fully saturated rings. The Morgan fingerprint density at radius 3 is 2.67 bits per heavy atom. The first-order chi connectivity index (χ1) is 14.5. The molecule has 4 rings (SSSR count). The van der Waals surface area contributed by atoms with Crippen molar-refractivity contribution in [3.05, 3.63) is 83.2 Å². The Morgan fingerprint density at radius 2 is 2.03 bits per heavy atom. The van der Waals surface area contributed by atoms with E-state index in [2.05, 4.69) is 4.99 Å². The van der Waals surface area contributed by atoms with Crippen LogP contribution in [0.4, 0.5) is 0 Å². The van der Waals surface area contributed by atoms with E-state index in [1.807, 2.05) is 54.8 Å². The quantitative estimate of drug-likeness (QED) is 0.572. The molecule has 0 N–H and O–H groups in total. The minimum atomic E-state index is -0.616. The Hall–Kier alpha value is -2.97. The van der Waals surface area contributed by atoms with E-state index in [4.69, 9.17) is 9.47 Å². The summed E-state index contributed by atoms with van der Waals surface area (Å²) in [6.45, 7) is 4.25. The zero-order valence-corrected chi connectivity index (χ0v) is 18.4. The lowest BCUT2D eigenvalue weighted by atomic mass is 9.96. The average molecular weight is 441 g/mol. The molecule has 1 atom stereocenters. The van der Waals surface area contributed by atoms with Gasteiger partial charge in [0.05, 0.1) is 35.6 Å². The molecule has 2 aromatic heterocycles. The Labute approximate surface area is 181 Å². The van der Waals surface area contributed by atoms with Gasteiger partial charge in [0.15, 0.2) is 4.80 Å². The van der Waals surface area contributed by atoms with Crippen LogP contribution in [0.25, 0.3) is 6.08 Å². The smallest absolute Gasteiger partial charge is 0.338 e. The largest absolute Gasteiger partial charge is 0.494 e. The van der Waals surface area contributed by atoms with Gasteiger partial charge in [-0.1, -0.05) is 29.5 Å². The van der Waals surface area contributed by atoms with Crippen molar-refractivity contribution in [3.63, 3.8) is 0 Å². The van der Waals surface area contributed by atoms with E-state index in [0.717, 1.165) is 16.2 Å². The summed E-state index contributed by atoms with van der Waals surface area (Å²) in [5.41, 5.74) is 1.51. The van der Waals surface area contributed by atoms with Gasteiger partial charge in [-0.25, -0.2) is 9.79 Å². The fourth-order valence-electron chi connectivity index (χ4n) is 3.42. The molecular formula is C22H20N2O4S2. The molecule has 0 bridgehead atoms. The number of methoxy groups -OCH3 is 1. The van der Waals surface area contributed by atoms with Gasteiger partial charge in [0.1, 0.15) is 5.75 Å². The summed E-state index contributed by atoms with van der Waals surface area (Å²) in [7, 11) is 1.33. The number of carbonyl (C=O) groups is 1. The second-order valence-corrected chi connectivity index (χ2v) is 8.58. The summed E-state index contributed by atoms with van der Waals surface area (Å²) >= 11 is 2.88. The normalized spacial score (nSPS) is 16.2. The zero-order valence-electron chi connectivity index (χ0n) is 16.7. The van der Waals surface area contributed by atoms with E-state index in [1.54, 1.807) is 22.8 Å². The van der Waals surface area contributed by atoms with Crippen LogP contribution in [-0.4, -0.2) is 24.3 Å². The summed E-state index contributed by atoms with van der Waals surface area (Å²) in [5.74, 6) is 0.231. The molecule has 0 amide bonds. The number of thiazole rings is 1. The highest BCUT2D eigenvalue weighted by molar-refractivity contribution is 7.11. The lowest BCUT2D eigenvalue weighted by molar-refractivity contribution is -0.136. The van der Waals surface area contributed by atoms with Gasteiger partial charge in [0, 0.05) is 4.88 Å². The second kappa shape index (κ2) is 8.41. The highest BCUT2D eigenvalue weighted by atomic mass is 32.1. The Bertz CT molecular complexity index is 1280. The summed E-state index contributed by atoms with van der Waals surface area (Å²) < 4.78 is 12.7. The highest BCUT2D eigenvalue weighted by Gasteiger charge is 2.33. The standard InChI is InChI=1S/C22H20N2O4S2/c1-4-28-15-9-7-14(8-10-15)19-18(21(26)27-3)13(2)23-22-24(19)20(25)17(30-22)12-16-6-5-11-29-16/h5-12,19H,4H2,1-3H3/b17-12-. The molecule has 30 heavy (non-hydrogen) atoms. The van der Waals surface area contributed by atoms with E-state index in [1.165, 1.54) is 18.4 Å². The number of ether oxygens (including phenoxy) is 2. The number of fused-ring (bicyclic) bond motifs is 1. The first-order valence-electron chi connectivity index (χ1n) is 9.40. The van der Waals surface area contributed by atoms with Crippen LogP contribution in [0.1, 0.15) is 30.3 Å². The third kappa shape index (κ3) is 3.64. The number of thiophene rings is 1. The molecule has 1 aliphatic heterocycles. The number of carbonyl (C=O) groups excluding carboxylic acids is 1. The van der Waals surface area contributed by atoms with Crippen LogP contribution >= 0.6 is 22.7 Å². The van der Waals surface area contributed by atoms with E-state index >= 15 is 0 Å². The van der Waals surface area contributed by atoms with Gasteiger partial charge in [0.25, 0.3) is 5.56 Å². The number of rotatable bonds is 5. The first-order valence-corrected chi connectivity index (χ1v) is 11.1. The van der Waals surface area contributed by atoms with Gasteiger partial charge < -0.3 is 9.47 Å². The van der Waals surface area contributed by atoms with E-state index in [0.29, 0.717) is 27.2 Å². The Morgan fingerprint density at radius 1 is 1.27 bits per heavy atom. The second-order valence-electron chi connectivity index (χ2n) is 6.59. The minimum Gasteiger partial charge on any atom is -0.494 e. The number of nitrogens with zero attached hydrogens (tertiary/aromatic N) is 2. The molecule has 3 aromatic rings. The van der Waals surface area contributed by atoms with Gasteiger partial charge >= 0.3 is 5.97 Å². The maximum atomic E-state index is 13.3. The molecule has 6 nitrogen and oxygen atoms in total. The topological polar surface area (TPSA) is 69.9 Å². The van der Waals surface area contributed by atoms with Crippen LogP contribution in [0.2, 0.25) is 0 Å². The monoisotopic (exact) mass is 440 g/mol. The molecule has 154 valence electrons. The van der Waals surface area contributed by atoms with E-state index in [-0.39, 0.29) is 5.56 Å².